The number of alkyl halides is 1. The van der Waals surface area contributed by atoms with Gasteiger partial charge in [-0.25, -0.2) is 12.7 Å². The standard InChI is InChI=1S/C13H18ClNO2S/c14-9-13-7-4-8-15(10-13)18(16,17)11-12-5-2-1-3-6-12/h1-3,5-6,13H,4,7-11H2. The zero-order valence-corrected chi connectivity index (χ0v) is 11.8. The van der Waals surface area contributed by atoms with Gasteiger partial charge in [0, 0.05) is 19.0 Å². The molecule has 0 bridgehead atoms. The van der Waals surface area contributed by atoms with Gasteiger partial charge in [0.2, 0.25) is 10.0 Å². The maximum absolute atomic E-state index is 12.3. The van der Waals surface area contributed by atoms with E-state index in [1.807, 2.05) is 30.3 Å². The number of hydrogen-bond acceptors (Lipinski definition) is 2. The van der Waals surface area contributed by atoms with Crippen LogP contribution >= 0.6 is 11.6 Å². The molecule has 0 amide bonds. The van der Waals surface area contributed by atoms with Crippen LogP contribution in [0, 0.1) is 5.92 Å². The fourth-order valence-electron chi connectivity index (χ4n) is 2.28. The van der Waals surface area contributed by atoms with Crippen molar-refractivity contribution in [2.75, 3.05) is 19.0 Å². The van der Waals surface area contributed by atoms with Crippen LogP contribution < -0.4 is 0 Å². The van der Waals surface area contributed by atoms with Crippen molar-refractivity contribution in [2.45, 2.75) is 18.6 Å². The second-order valence-electron chi connectivity index (χ2n) is 4.76. The monoisotopic (exact) mass is 287 g/mol. The van der Waals surface area contributed by atoms with Gasteiger partial charge >= 0.3 is 0 Å². The summed E-state index contributed by atoms with van der Waals surface area (Å²) >= 11 is 5.83. The first-order valence-electron chi connectivity index (χ1n) is 6.19. The number of sulfonamides is 1. The molecule has 1 fully saturated rings. The van der Waals surface area contributed by atoms with Gasteiger partial charge in [-0.2, -0.15) is 0 Å². The zero-order valence-electron chi connectivity index (χ0n) is 10.3. The molecule has 1 heterocycles. The molecule has 5 heteroatoms. The summed E-state index contributed by atoms with van der Waals surface area (Å²) in [6, 6.07) is 9.31. The number of nitrogens with zero attached hydrogens (tertiary/aromatic N) is 1. The van der Waals surface area contributed by atoms with Crippen molar-refractivity contribution in [3.8, 4) is 0 Å². The lowest BCUT2D eigenvalue weighted by atomic mass is 10.0. The molecule has 1 atom stereocenters. The van der Waals surface area contributed by atoms with Gasteiger partial charge in [0.05, 0.1) is 5.75 Å². The fraction of sp³-hybridized carbons (Fsp3) is 0.538. The van der Waals surface area contributed by atoms with E-state index < -0.39 is 10.0 Å². The van der Waals surface area contributed by atoms with Gasteiger partial charge in [0.25, 0.3) is 0 Å². The highest BCUT2D eigenvalue weighted by Crippen LogP contribution is 2.22. The zero-order chi connectivity index (χ0) is 13.0. The van der Waals surface area contributed by atoms with E-state index in [-0.39, 0.29) is 5.75 Å². The number of benzene rings is 1. The molecule has 1 aliphatic rings. The summed E-state index contributed by atoms with van der Waals surface area (Å²) < 4.78 is 26.2. The third-order valence-corrected chi connectivity index (χ3v) is 5.54. The van der Waals surface area contributed by atoms with E-state index in [9.17, 15) is 8.42 Å². The van der Waals surface area contributed by atoms with Crippen molar-refractivity contribution in [2.24, 2.45) is 5.92 Å². The minimum atomic E-state index is -3.20. The van der Waals surface area contributed by atoms with Crippen LogP contribution in [0.5, 0.6) is 0 Å². The van der Waals surface area contributed by atoms with E-state index in [0.29, 0.717) is 24.9 Å². The first-order valence-corrected chi connectivity index (χ1v) is 8.34. The molecule has 0 aromatic heterocycles. The lowest BCUT2D eigenvalue weighted by Crippen LogP contribution is -2.40. The topological polar surface area (TPSA) is 37.4 Å². The number of halogens is 1. The molecular weight excluding hydrogens is 270 g/mol. The van der Waals surface area contributed by atoms with E-state index in [1.165, 1.54) is 0 Å². The van der Waals surface area contributed by atoms with E-state index >= 15 is 0 Å². The minimum absolute atomic E-state index is 0.0862. The van der Waals surface area contributed by atoms with Crippen LogP contribution in [0.15, 0.2) is 30.3 Å². The van der Waals surface area contributed by atoms with E-state index in [2.05, 4.69) is 0 Å². The van der Waals surface area contributed by atoms with Crippen molar-refractivity contribution in [1.82, 2.24) is 4.31 Å². The molecule has 0 radical (unpaired) electrons. The van der Waals surface area contributed by atoms with Gasteiger partial charge in [0.15, 0.2) is 0 Å². The quantitative estimate of drug-likeness (QED) is 0.798. The van der Waals surface area contributed by atoms with Crippen molar-refractivity contribution in [1.29, 1.82) is 0 Å². The molecule has 1 aromatic carbocycles. The van der Waals surface area contributed by atoms with E-state index in [4.69, 9.17) is 11.6 Å². The Morgan fingerprint density at radius 3 is 2.67 bits per heavy atom. The molecule has 0 saturated carbocycles. The second-order valence-corrected chi connectivity index (χ2v) is 7.04. The maximum atomic E-state index is 12.3. The number of hydrogen-bond donors (Lipinski definition) is 0. The Morgan fingerprint density at radius 2 is 2.00 bits per heavy atom. The van der Waals surface area contributed by atoms with Gasteiger partial charge in [-0.3, -0.25) is 0 Å². The largest absolute Gasteiger partial charge is 0.218 e. The SMILES string of the molecule is O=S(=O)(Cc1ccccc1)N1CCCC(CCl)C1. The molecule has 1 aromatic rings. The Labute approximate surface area is 114 Å². The number of rotatable bonds is 4. The summed E-state index contributed by atoms with van der Waals surface area (Å²) in [5, 5.41) is 0. The van der Waals surface area contributed by atoms with Crippen LogP contribution in [-0.2, 0) is 15.8 Å². The second kappa shape index (κ2) is 6.04. The van der Waals surface area contributed by atoms with E-state index in [1.54, 1.807) is 4.31 Å². The summed E-state index contributed by atoms with van der Waals surface area (Å²) in [7, 11) is -3.20. The summed E-state index contributed by atoms with van der Waals surface area (Å²) in [6.07, 6.45) is 1.94. The first kappa shape index (κ1) is 13.8. The van der Waals surface area contributed by atoms with Crippen molar-refractivity contribution < 1.29 is 8.42 Å². The van der Waals surface area contributed by atoms with Crippen LogP contribution in [-0.4, -0.2) is 31.7 Å². The Balaban J connectivity index is 2.06. The van der Waals surface area contributed by atoms with Crippen LogP contribution in [0.3, 0.4) is 0 Å². The smallest absolute Gasteiger partial charge is 0.212 e. The average molecular weight is 288 g/mol. The van der Waals surface area contributed by atoms with Crippen LogP contribution in [0.2, 0.25) is 0 Å². The highest BCUT2D eigenvalue weighted by Gasteiger charge is 2.28. The molecule has 2 rings (SSSR count). The maximum Gasteiger partial charge on any atom is 0.218 e. The summed E-state index contributed by atoms with van der Waals surface area (Å²) in [5.74, 6) is 0.922. The summed E-state index contributed by atoms with van der Waals surface area (Å²) in [6.45, 7) is 1.20. The van der Waals surface area contributed by atoms with Gasteiger partial charge in [-0.1, -0.05) is 30.3 Å². The van der Waals surface area contributed by atoms with Gasteiger partial charge < -0.3 is 0 Å². The summed E-state index contributed by atoms with van der Waals surface area (Å²) in [5.41, 5.74) is 0.838. The molecule has 0 aliphatic carbocycles. The highest BCUT2D eigenvalue weighted by atomic mass is 35.5. The molecule has 0 N–H and O–H groups in total. The molecule has 1 aliphatic heterocycles. The molecule has 0 spiro atoms. The van der Waals surface area contributed by atoms with Crippen LogP contribution in [0.4, 0.5) is 0 Å². The van der Waals surface area contributed by atoms with Crippen molar-refractivity contribution in [3.05, 3.63) is 35.9 Å². The average Bonchev–Trinajstić information content (AvgIpc) is 2.39. The Morgan fingerprint density at radius 1 is 1.28 bits per heavy atom. The normalized spacial score (nSPS) is 21.9. The molecular formula is C13H18ClNO2S. The Hall–Kier alpha value is -0.580. The first-order chi connectivity index (χ1) is 8.62. The van der Waals surface area contributed by atoms with Gasteiger partial charge in [-0.05, 0) is 24.3 Å². The lowest BCUT2D eigenvalue weighted by molar-refractivity contribution is 0.283. The molecule has 1 saturated heterocycles. The predicted molar refractivity (Wildman–Crippen MR) is 74.1 cm³/mol. The Kier molecular flexibility index (Phi) is 4.65. The third-order valence-electron chi connectivity index (χ3n) is 3.29. The van der Waals surface area contributed by atoms with Crippen molar-refractivity contribution >= 4 is 21.6 Å². The summed E-state index contributed by atoms with van der Waals surface area (Å²) in [4.78, 5) is 0. The van der Waals surface area contributed by atoms with Crippen LogP contribution in [0.25, 0.3) is 0 Å². The molecule has 100 valence electrons. The molecule has 1 unspecified atom stereocenters. The van der Waals surface area contributed by atoms with Crippen molar-refractivity contribution in [3.63, 3.8) is 0 Å². The molecule has 3 nitrogen and oxygen atoms in total. The minimum Gasteiger partial charge on any atom is -0.212 e. The lowest BCUT2D eigenvalue weighted by Gasteiger charge is -2.30. The van der Waals surface area contributed by atoms with E-state index in [0.717, 1.165) is 18.4 Å². The van der Waals surface area contributed by atoms with Gasteiger partial charge in [0.1, 0.15) is 0 Å². The molecule has 18 heavy (non-hydrogen) atoms. The van der Waals surface area contributed by atoms with Crippen LogP contribution in [0.1, 0.15) is 18.4 Å². The predicted octanol–water partition coefficient (Wildman–Crippen LogP) is 2.47. The Bertz CT molecular complexity index is 475. The van der Waals surface area contributed by atoms with Gasteiger partial charge in [-0.15, -0.1) is 11.6 Å². The highest BCUT2D eigenvalue weighted by molar-refractivity contribution is 7.88. The number of piperidine rings is 1. The third kappa shape index (κ3) is 3.46. The fourth-order valence-corrected chi connectivity index (χ4v) is 4.17.